The van der Waals surface area contributed by atoms with E-state index in [0.717, 1.165) is 16.6 Å². The van der Waals surface area contributed by atoms with E-state index in [0.29, 0.717) is 29.3 Å². The van der Waals surface area contributed by atoms with Crippen molar-refractivity contribution >= 4 is 16.9 Å². The number of esters is 1. The van der Waals surface area contributed by atoms with Crippen LogP contribution in [0.5, 0.6) is 5.75 Å². The highest BCUT2D eigenvalue weighted by atomic mass is 16.6. The van der Waals surface area contributed by atoms with Gasteiger partial charge in [0.2, 0.25) is 5.82 Å². The van der Waals surface area contributed by atoms with Gasteiger partial charge in [-0.3, -0.25) is 4.98 Å². The van der Waals surface area contributed by atoms with E-state index in [-0.39, 0.29) is 12.5 Å². The van der Waals surface area contributed by atoms with E-state index in [1.54, 1.807) is 6.07 Å². The number of carbonyl (C=O) groups is 1. The zero-order chi connectivity index (χ0) is 20.2. The minimum Gasteiger partial charge on any atom is -0.493 e. The molecule has 0 unspecified atom stereocenters. The molecule has 2 heterocycles. The normalized spacial score (nSPS) is 10.8. The van der Waals surface area contributed by atoms with Gasteiger partial charge in [-0.15, -0.1) is 0 Å². The zero-order valence-electron chi connectivity index (χ0n) is 16.1. The molecular weight excluding hydrogens is 370 g/mol. The Balaban J connectivity index is 1.52. The Morgan fingerprint density at radius 3 is 2.72 bits per heavy atom. The molecule has 7 heteroatoms. The Kier molecular flexibility index (Phi) is 5.20. The first-order valence-corrected chi connectivity index (χ1v) is 9.24. The monoisotopic (exact) mass is 389 g/mol. The van der Waals surface area contributed by atoms with Crippen molar-refractivity contribution in [3.63, 3.8) is 0 Å². The number of pyridine rings is 1. The first-order valence-electron chi connectivity index (χ1n) is 9.24. The molecule has 0 aliphatic rings. The van der Waals surface area contributed by atoms with E-state index in [1.165, 1.54) is 0 Å². The van der Waals surface area contributed by atoms with Gasteiger partial charge in [0.1, 0.15) is 5.75 Å². The molecule has 0 spiro atoms. The van der Waals surface area contributed by atoms with Crippen LogP contribution in [0.4, 0.5) is 0 Å². The maximum Gasteiger partial charge on any atom is 0.339 e. The number of para-hydroxylation sites is 2. The maximum absolute atomic E-state index is 12.6. The third-order valence-electron chi connectivity index (χ3n) is 4.29. The number of hydrogen-bond donors (Lipinski definition) is 0. The average Bonchev–Trinajstić information content (AvgIpc) is 3.21. The van der Waals surface area contributed by atoms with Crippen LogP contribution in [0.25, 0.3) is 22.3 Å². The lowest BCUT2D eigenvalue weighted by atomic mass is 10.1. The second kappa shape index (κ2) is 8.10. The highest BCUT2D eigenvalue weighted by Crippen LogP contribution is 2.27. The fourth-order valence-corrected chi connectivity index (χ4v) is 3.04. The van der Waals surface area contributed by atoms with Crippen molar-refractivity contribution in [2.75, 3.05) is 6.61 Å². The van der Waals surface area contributed by atoms with Gasteiger partial charge >= 0.3 is 5.97 Å². The molecule has 0 aliphatic heterocycles. The fraction of sp³-hybridized carbons (Fsp3) is 0.182. The number of benzene rings is 2. The van der Waals surface area contributed by atoms with E-state index in [4.69, 9.17) is 14.0 Å². The number of carbonyl (C=O) groups excluding carboxylic acids is 1. The van der Waals surface area contributed by atoms with Gasteiger partial charge in [0, 0.05) is 11.1 Å². The summed E-state index contributed by atoms with van der Waals surface area (Å²) in [6.07, 6.45) is 0. The van der Waals surface area contributed by atoms with Crippen LogP contribution in [0.15, 0.2) is 59.1 Å². The standard InChI is InChI=1S/C22H19N3O4/c1-3-27-19-11-7-5-9-16(19)21-24-20(29-25-21)13-28-22(26)17-12-14(2)23-18-10-6-4-8-15(17)18/h4-12H,3,13H2,1-2H3. The number of hydrogen-bond acceptors (Lipinski definition) is 7. The van der Waals surface area contributed by atoms with E-state index in [1.807, 2.05) is 62.4 Å². The van der Waals surface area contributed by atoms with Crippen LogP contribution in [0.2, 0.25) is 0 Å². The highest BCUT2D eigenvalue weighted by Gasteiger charge is 2.17. The molecule has 0 amide bonds. The summed E-state index contributed by atoms with van der Waals surface area (Å²) in [6.45, 7) is 4.14. The molecule has 0 saturated heterocycles. The summed E-state index contributed by atoms with van der Waals surface area (Å²) in [5.41, 5.74) is 2.65. The molecule has 4 aromatic rings. The number of aromatic nitrogens is 3. The zero-order valence-corrected chi connectivity index (χ0v) is 16.1. The lowest BCUT2D eigenvalue weighted by Gasteiger charge is -2.07. The van der Waals surface area contributed by atoms with Crippen LogP contribution < -0.4 is 4.74 Å². The Morgan fingerprint density at radius 2 is 1.86 bits per heavy atom. The van der Waals surface area contributed by atoms with Crippen LogP contribution >= 0.6 is 0 Å². The van der Waals surface area contributed by atoms with Gasteiger partial charge < -0.3 is 14.0 Å². The quantitative estimate of drug-likeness (QED) is 0.453. The fourth-order valence-electron chi connectivity index (χ4n) is 3.04. The van der Waals surface area contributed by atoms with E-state index in [9.17, 15) is 4.79 Å². The Bertz CT molecular complexity index is 1170. The molecule has 0 aliphatic carbocycles. The van der Waals surface area contributed by atoms with Crippen molar-refractivity contribution in [1.29, 1.82) is 0 Å². The largest absolute Gasteiger partial charge is 0.493 e. The van der Waals surface area contributed by atoms with Crippen molar-refractivity contribution in [1.82, 2.24) is 15.1 Å². The maximum atomic E-state index is 12.6. The van der Waals surface area contributed by atoms with Gasteiger partial charge in [-0.1, -0.05) is 35.5 Å². The smallest absolute Gasteiger partial charge is 0.339 e. The summed E-state index contributed by atoms with van der Waals surface area (Å²) < 4.78 is 16.2. The third kappa shape index (κ3) is 3.94. The lowest BCUT2D eigenvalue weighted by Crippen LogP contribution is -2.07. The lowest BCUT2D eigenvalue weighted by molar-refractivity contribution is 0.0432. The minimum absolute atomic E-state index is 0.127. The van der Waals surface area contributed by atoms with Gasteiger partial charge in [-0.25, -0.2) is 4.79 Å². The van der Waals surface area contributed by atoms with Gasteiger partial charge in [-0.2, -0.15) is 4.98 Å². The SMILES string of the molecule is CCOc1ccccc1-c1noc(COC(=O)c2cc(C)nc3ccccc23)n1. The Labute approximate surface area is 167 Å². The highest BCUT2D eigenvalue weighted by molar-refractivity contribution is 6.03. The van der Waals surface area contributed by atoms with Crippen molar-refractivity contribution < 1.29 is 18.8 Å². The molecule has 2 aromatic heterocycles. The predicted molar refractivity (Wildman–Crippen MR) is 107 cm³/mol. The van der Waals surface area contributed by atoms with Gasteiger partial charge in [0.25, 0.3) is 5.89 Å². The first-order chi connectivity index (χ1) is 14.2. The van der Waals surface area contributed by atoms with Gasteiger partial charge in [0.15, 0.2) is 6.61 Å². The molecule has 0 radical (unpaired) electrons. The molecule has 7 nitrogen and oxygen atoms in total. The number of aryl methyl sites for hydroxylation is 1. The van der Waals surface area contributed by atoms with Crippen LogP contribution in [-0.2, 0) is 11.3 Å². The first kappa shape index (κ1) is 18.6. The van der Waals surface area contributed by atoms with Crippen LogP contribution in [0.3, 0.4) is 0 Å². The summed E-state index contributed by atoms with van der Waals surface area (Å²) in [4.78, 5) is 21.4. The van der Waals surface area contributed by atoms with E-state index >= 15 is 0 Å². The van der Waals surface area contributed by atoms with Crippen LogP contribution in [0.1, 0.15) is 28.9 Å². The molecule has 4 rings (SSSR count). The van der Waals surface area contributed by atoms with Crippen molar-refractivity contribution in [2.24, 2.45) is 0 Å². The topological polar surface area (TPSA) is 87.3 Å². The molecule has 29 heavy (non-hydrogen) atoms. The van der Waals surface area contributed by atoms with Gasteiger partial charge in [-0.05, 0) is 38.1 Å². The number of fused-ring (bicyclic) bond motifs is 1. The molecule has 0 N–H and O–H groups in total. The summed E-state index contributed by atoms with van der Waals surface area (Å²) >= 11 is 0. The van der Waals surface area contributed by atoms with Crippen LogP contribution in [0, 0.1) is 6.92 Å². The van der Waals surface area contributed by atoms with E-state index in [2.05, 4.69) is 15.1 Å². The van der Waals surface area contributed by atoms with Crippen molar-refractivity contribution in [2.45, 2.75) is 20.5 Å². The summed E-state index contributed by atoms with van der Waals surface area (Å²) in [7, 11) is 0. The van der Waals surface area contributed by atoms with Crippen molar-refractivity contribution in [3.8, 4) is 17.1 Å². The van der Waals surface area contributed by atoms with Gasteiger partial charge in [0.05, 0.1) is 23.3 Å². The molecule has 0 bridgehead atoms. The Hall–Kier alpha value is -3.74. The summed E-state index contributed by atoms with van der Waals surface area (Å²) in [6, 6.07) is 16.6. The number of rotatable bonds is 6. The summed E-state index contributed by atoms with van der Waals surface area (Å²) in [5.74, 6) is 0.777. The molecule has 0 fully saturated rings. The molecular formula is C22H19N3O4. The minimum atomic E-state index is -0.471. The number of nitrogens with zero attached hydrogens (tertiary/aromatic N) is 3. The van der Waals surface area contributed by atoms with Crippen LogP contribution in [-0.4, -0.2) is 27.7 Å². The molecule has 0 saturated carbocycles. The van der Waals surface area contributed by atoms with Crippen molar-refractivity contribution in [3.05, 3.63) is 71.7 Å². The molecule has 2 aromatic carbocycles. The summed E-state index contributed by atoms with van der Waals surface area (Å²) in [5, 5.41) is 4.71. The second-order valence-corrected chi connectivity index (χ2v) is 6.35. The second-order valence-electron chi connectivity index (χ2n) is 6.35. The van der Waals surface area contributed by atoms with E-state index < -0.39 is 5.97 Å². The molecule has 0 atom stereocenters. The predicted octanol–water partition coefficient (Wildman–Crippen LogP) is 4.35. The molecule has 146 valence electrons. The number of ether oxygens (including phenoxy) is 2. The average molecular weight is 389 g/mol. The Morgan fingerprint density at radius 1 is 1.07 bits per heavy atom. The third-order valence-corrected chi connectivity index (χ3v) is 4.29.